The van der Waals surface area contributed by atoms with E-state index in [1.165, 1.54) is 37.8 Å². The molecule has 0 spiro atoms. The highest BCUT2D eigenvalue weighted by molar-refractivity contribution is 7.99. The van der Waals surface area contributed by atoms with Gasteiger partial charge < -0.3 is 0 Å². The van der Waals surface area contributed by atoms with Gasteiger partial charge in [-0.25, -0.2) is 0 Å². The molecule has 0 bridgehead atoms. The van der Waals surface area contributed by atoms with E-state index >= 15 is 0 Å². The molecule has 0 atom stereocenters. The second kappa shape index (κ2) is 5.87. The third kappa shape index (κ3) is 3.02. The van der Waals surface area contributed by atoms with Gasteiger partial charge in [-0.3, -0.25) is 10.1 Å². The van der Waals surface area contributed by atoms with Crippen LogP contribution in [0.3, 0.4) is 0 Å². The Morgan fingerprint density at radius 3 is 2.78 bits per heavy atom. The first-order valence-corrected chi connectivity index (χ1v) is 7.00. The van der Waals surface area contributed by atoms with Crippen molar-refractivity contribution in [3.63, 3.8) is 0 Å². The zero-order chi connectivity index (χ0) is 13.0. The number of nitriles is 1. The summed E-state index contributed by atoms with van der Waals surface area (Å²) in [5.74, 6) is 1.74. The van der Waals surface area contributed by atoms with Gasteiger partial charge in [-0.15, -0.1) is 11.8 Å². The highest BCUT2D eigenvalue weighted by Gasteiger charge is 2.17. The maximum atomic E-state index is 10.6. The zero-order valence-electron chi connectivity index (χ0n) is 9.96. The SMILES string of the molecule is N#Cc1cc([N+](=O)[O-])ccc1SCC1CCCC1. The summed E-state index contributed by atoms with van der Waals surface area (Å²) in [7, 11) is 0. The van der Waals surface area contributed by atoms with Crippen LogP contribution in [-0.2, 0) is 0 Å². The van der Waals surface area contributed by atoms with Gasteiger partial charge in [-0.1, -0.05) is 12.8 Å². The van der Waals surface area contributed by atoms with Crippen molar-refractivity contribution >= 4 is 17.4 Å². The van der Waals surface area contributed by atoms with Crippen molar-refractivity contribution in [2.75, 3.05) is 5.75 Å². The molecule has 1 fully saturated rings. The van der Waals surface area contributed by atoms with E-state index in [0.717, 1.165) is 16.6 Å². The van der Waals surface area contributed by atoms with Crippen LogP contribution in [0.15, 0.2) is 23.1 Å². The van der Waals surface area contributed by atoms with E-state index in [0.29, 0.717) is 5.56 Å². The van der Waals surface area contributed by atoms with Gasteiger partial charge in [0.1, 0.15) is 6.07 Å². The van der Waals surface area contributed by atoms with Gasteiger partial charge in [-0.2, -0.15) is 5.26 Å². The van der Waals surface area contributed by atoms with Gasteiger partial charge in [0.15, 0.2) is 0 Å². The fourth-order valence-corrected chi connectivity index (χ4v) is 3.40. The molecule has 4 nitrogen and oxygen atoms in total. The minimum absolute atomic E-state index is 0.0169. The first-order valence-electron chi connectivity index (χ1n) is 6.02. The fraction of sp³-hybridized carbons (Fsp3) is 0.462. The van der Waals surface area contributed by atoms with Crippen molar-refractivity contribution in [1.82, 2.24) is 0 Å². The van der Waals surface area contributed by atoms with E-state index in [-0.39, 0.29) is 5.69 Å². The third-order valence-electron chi connectivity index (χ3n) is 3.24. The number of hydrogen-bond acceptors (Lipinski definition) is 4. The van der Waals surface area contributed by atoms with Crippen LogP contribution in [0.1, 0.15) is 31.2 Å². The fourth-order valence-electron chi connectivity index (χ4n) is 2.23. The number of rotatable bonds is 4. The van der Waals surface area contributed by atoms with E-state index in [1.54, 1.807) is 17.8 Å². The van der Waals surface area contributed by atoms with E-state index in [1.807, 2.05) is 6.07 Å². The molecular formula is C13H14N2O2S. The number of non-ortho nitro benzene ring substituents is 1. The van der Waals surface area contributed by atoms with Crippen LogP contribution in [0.4, 0.5) is 5.69 Å². The summed E-state index contributed by atoms with van der Waals surface area (Å²) in [6, 6.07) is 6.56. The first-order chi connectivity index (χ1) is 8.70. The van der Waals surface area contributed by atoms with Gasteiger partial charge in [-0.05, 0) is 24.8 Å². The molecule has 94 valence electrons. The van der Waals surface area contributed by atoms with Crippen LogP contribution in [0.5, 0.6) is 0 Å². The van der Waals surface area contributed by atoms with Crippen LogP contribution < -0.4 is 0 Å². The summed E-state index contributed by atoms with van der Waals surface area (Å²) >= 11 is 1.64. The molecule has 0 aromatic heterocycles. The molecule has 0 heterocycles. The molecule has 0 N–H and O–H groups in total. The number of nitrogens with zero attached hydrogens (tertiary/aromatic N) is 2. The van der Waals surface area contributed by atoms with Crippen LogP contribution in [0, 0.1) is 27.4 Å². The Labute approximate surface area is 110 Å². The highest BCUT2D eigenvalue weighted by Crippen LogP contribution is 2.33. The number of thioether (sulfide) groups is 1. The topological polar surface area (TPSA) is 66.9 Å². The van der Waals surface area contributed by atoms with Gasteiger partial charge in [0.25, 0.3) is 5.69 Å². The third-order valence-corrected chi connectivity index (χ3v) is 4.55. The molecule has 0 unspecified atom stereocenters. The Bertz CT molecular complexity index is 490. The number of benzene rings is 1. The molecule has 1 aromatic carbocycles. The minimum atomic E-state index is -0.466. The molecule has 1 saturated carbocycles. The lowest BCUT2D eigenvalue weighted by atomic mass is 10.1. The lowest BCUT2D eigenvalue weighted by Crippen LogP contribution is -1.97. The lowest BCUT2D eigenvalue weighted by Gasteiger charge is -2.09. The first kappa shape index (κ1) is 12.9. The predicted octanol–water partition coefficient (Wildman–Crippen LogP) is 3.75. The molecule has 0 aliphatic heterocycles. The lowest BCUT2D eigenvalue weighted by molar-refractivity contribution is -0.384. The molecule has 5 heteroatoms. The van der Waals surface area contributed by atoms with Crippen LogP contribution in [0.2, 0.25) is 0 Å². The quantitative estimate of drug-likeness (QED) is 0.471. The van der Waals surface area contributed by atoms with Crippen molar-refractivity contribution < 1.29 is 4.92 Å². The van der Waals surface area contributed by atoms with Crippen molar-refractivity contribution in [1.29, 1.82) is 5.26 Å². The minimum Gasteiger partial charge on any atom is -0.258 e. The Balaban J connectivity index is 2.07. The summed E-state index contributed by atoms with van der Waals surface area (Å²) in [5, 5.41) is 19.7. The normalized spacial score (nSPS) is 15.5. The second-order valence-corrected chi connectivity index (χ2v) is 5.57. The molecule has 1 aliphatic rings. The summed E-state index contributed by atoms with van der Waals surface area (Å²) < 4.78 is 0. The van der Waals surface area contributed by atoms with Crippen molar-refractivity contribution in [3.05, 3.63) is 33.9 Å². The van der Waals surface area contributed by atoms with E-state index < -0.39 is 4.92 Å². The zero-order valence-corrected chi connectivity index (χ0v) is 10.8. The maximum Gasteiger partial charge on any atom is 0.270 e. The average Bonchev–Trinajstić information content (AvgIpc) is 2.89. The van der Waals surface area contributed by atoms with Crippen molar-refractivity contribution in [3.8, 4) is 6.07 Å². The molecule has 0 amide bonds. The molecule has 0 saturated heterocycles. The summed E-state index contributed by atoms with van der Waals surface area (Å²) in [6.45, 7) is 0. The van der Waals surface area contributed by atoms with Gasteiger partial charge >= 0.3 is 0 Å². The standard InChI is InChI=1S/C13H14N2O2S/c14-8-11-7-12(15(16)17)5-6-13(11)18-9-10-3-1-2-4-10/h5-7,10H,1-4,9H2. The molecule has 0 radical (unpaired) electrons. The molecule has 2 rings (SSSR count). The van der Waals surface area contributed by atoms with Crippen molar-refractivity contribution in [2.24, 2.45) is 5.92 Å². The highest BCUT2D eigenvalue weighted by atomic mass is 32.2. The Hall–Kier alpha value is -1.54. The van der Waals surface area contributed by atoms with Gasteiger partial charge in [0.05, 0.1) is 10.5 Å². The summed E-state index contributed by atoms with van der Waals surface area (Å²) in [4.78, 5) is 11.0. The Morgan fingerprint density at radius 1 is 1.44 bits per heavy atom. The monoisotopic (exact) mass is 262 g/mol. The maximum absolute atomic E-state index is 10.6. The van der Waals surface area contributed by atoms with Crippen LogP contribution in [0.25, 0.3) is 0 Å². The molecular weight excluding hydrogens is 248 g/mol. The average molecular weight is 262 g/mol. The van der Waals surface area contributed by atoms with Crippen LogP contribution >= 0.6 is 11.8 Å². The van der Waals surface area contributed by atoms with Crippen molar-refractivity contribution in [2.45, 2.75) is 30.6 Å². The smallest absolute Gasteiger partial charge is 0.258 e. The summed E-state index contributed by atoms with van der Waals surface area (Å²) in [5.41, 5.74) is 0.393. The number of nitro benzene ring substituents is 1. The predicted molar refractivity (Wildman–Crippen MR) is 70.5 cm³/mol. The van der Waals surface area contributed by atoms with E-state index in [4.69, 9.17) is 5.26 Å². The van der Waals surface area contributed by atoms with Crippen LogP contribution in [-0.4, -0.2) is 10.7 Å². The van der Waals surface area contributed by atoms with Gasteiger partial charge in [0, 0.05) is 22.8 Å². The largest absolute Gasteiger partial charge is 0.270 e. The molecule has 1 aromatic rings. The number of nitro groups is 1. The summed E-state index contributed by atoms with van der Waals surface area (Å²) in [6.07, 6.45) is 5.14. The number of hydrogen-bond donors (Lipinski definition) is 0. The Kier molecular flexibility index (Phi) is 4.21. The van der Waals surface area contributed by atoms with E-state index in [9.17, 15) is 10.1 Å². The molecule has 18 heavy (non-hydrogen) atoms. The van der Waals surface area contributed by atoms with E-state index in [2.05, 4.69) is 0 Å². The molecule has 1 aliphatic carbocycles. The van der Waals surface area contributed by atoms with Gasteiger partial charge in [0.2, 0.25) is 0 Å². The Morgan fingerprint density at radius 2 is 2.17 bits per heavy atom. The second-order valence-electron chi connectivity index (χ2n) is 4.51.